The number of benzene rings is 2. The van der Waals surface area contributed by atoms with E-state index in [1.165, 1.54) is 24.6 Å². The number of hydrogen-bond donors (Lipinski definition) is 0. The predicted octanol–water partition coefficient (Wildman–Crippen LogP) is 5.94. The van der Waals surface area contributed by atoms with E-state index in [0.29, 0.717) is 28.9 Å². The molecule has 0 bridgehead atoms. The first-order valence-electron chi connectivity index (χ1n) is 10.2. The molecule has 0 N–H and O–H groups in total. The van der Waals surface area contributed by atoms with Crippen molar-refractivity contribution in [3.05, 3.63) is 82.9 Å². The minimum absolute atomic E-state index is 0.0287. The van der Waals surface area contributed by atoms with Gasteiger partial charge >= 0.3 is 6.61 Å². The predicted molar refractivity (Wildman–Crippen MR) is 111 cm³/mol. The first-order valence-corrected chi connectivity index (χ1v) is 10.2. The molecule has 1 saturated carbocycles. The van der Waals surface area contributed by atoms with Crippen LogP contribution in [0.3, 0.4) is 0 Å². The van der Waals surface area contributed by atoms with Crippen LogP contribution in [0.25, 0.3) is 16.6 Å². The van der Waals surface area contributed by atoms with Crippen molar-refractivity contribution in [2.45, 2.75) is 38.7 Å². The zero-order valence-corrected chi connectivity index (χ0v) is 16.9. The molecule has 0 unspecified atom stereocenters. The van der Waals surface area contributed by atoms with Gasteiger partial charge < -0.3 is 4.74 Å². The lowest BCUT2D eigenvalue weighted by molar-refractivity contribution is -0.0532. The average Bonchev–Trinajstić information content (AvgIpc) is 3.48. The van der Waals surface area contributed by atoms with Gasteiger partial charge in [-0.15, -0.1) is 0 Å². The number of aryl methyl sites for hydroxylation is 1. The summed E-state index contributed by atoms with van der Waals surface area (Å²) in [6.07, 6.45) is 4.51. The molecule has 4 aromatic rings. The number of fused-ring (bicyclic) bond motifs is 1. The third kappa shape index (κ3) is 3.76. The summed E-state index contributed by atoms with van der Waals surface area (Å²) in [6.45, 7) is -1.27. The van der Waals surface area contributed by atoms with Gasteiger partial charge in [0.15, 0.2) is 0 Å². The van der Waals surface area contributed by atoms with Crippen molar-refractivity contribution in [1.82, 2.24) is 14.8 Å². The highest BCUT2D eigenvalue weighted by Crippen LogP contribution is 2.40. The van der Waals surface area contributed by atoms with Crippen LogP contribution in [0.15, 0.2) is 54.7 Å². The monoisotopic (exact) mass is 423 g/mol. The smallest absolute Gasteiger partial charge is 0.388 e. The van der Waals surface area contributed by atoms with E-state index in [1.54, 1.807) is 25.3 Å². The maximum atomic E-state index is 14.2. The highest BCUT2D eigenvalue weighted by Gasteiger charge is 2.27. The van der Waals surface area contributed by atoms with Crippen LogP contribution < -0.4 is 4.74 Å². The summed E-state index contributed by atoms with van der Waals surface area (Å²) in [4.78, 5) is 4.08. The van der Waals surface area contributed by atoms with Crippen molar-refractivity contribution in [3.8, 4) is 11.6 Å². The van der Waals surface area contributed by atoms with E-state index in [9.17, 15) is 13.2 Å². The fourth-order valence-electron chi connectivity index (χ4n) is 3.99. The first-order chi connectivity index (χ1) is 15.0. The Morgan fingerprint density at radius 1 is 1.10 bits per heavy atom. The third-order valence-electron chi connectivity index (χ3n) is 5.75. The molecule has 4 nitrogen and oxygen atoms in total. The molecule has 0 radical (unpaired) electrons. The Balaban J connectivity index is 1.50. The summed E-state index contributed by atoms with van der Waals surface area (Å²) in [5.41, 5.74) is 4.29. The molecule has 7 heteroatoms. The van der Waals surface area contributed by atoms with E-state index < -0.39 is 12.4 Å². The number of ether oxygens (including phenoxy) is 1. The highest BCUT2D eigenvalue weighted by molar-refractivity contribution is 5.84. The Hall–Kier alpha value is -3.35. The van der Waals surface area contributed by atoms with Crippen molar-refractivity contribution in [2.24, 2.45) is 0 Å². The second-order valence-corrected chi connectivity index (χ2v) is 7.82. The van der Waals surface area contributed by atoms with Crippen molar-refractivity contribution in [2.75, 3.05) is 0 Å². The standard InChI is InChI=1S/C24H20F3N3O/c1-14-18-3-2-4-20(25)22(18)29-23(31-24(26)27)19(14)13-15-5-9-17(10-6-15)30-21(11-12-28-30)16-7-8-16/h2-6,9-12,16,24H,7-8,13H2,1H3. The van der Waals surface area contributed by atoms with Crippen LogP contribution in [0.1, 0.15) is 41.1 Å². The van der Waals surface area contributed by atoms with Gasteiger partial charge in [-0.2, -0.15) is 13.9 Å². The maximum Gasteiger partial charge on any atom is 0.388 e. The molecule has 1 aliphatic carbocycles. The summed E-state index contributed by atoms with van der Waals surface area (Å²) >= 11 is 0. The molecule has 2 aromatic heterocycles. The van der Waals surface area contributed by atoms with Gasteiger partial charge in [0.2, 0.25) is 5.88 Å². The van der Waals surface area contributed by atoms with Crippen molar-refractivity contribution in [1.29, 1.82) is 0 Å². The number of alkyl halides is 2. The number of halogens is 3. The summed E-state index contributed by atoms with van der Waals surface area (Å²) in [5, 5.41) is 5.01. The Kier molecular flexibility index (Phi) is 4.88. The summed E-state index contributed by atoms with van der Waals surface area (Å²) in [5.74, 6) is -0.235. The van der Waals surface area contributed by atoms with Crippen LogP contribution in [0, 0.1) is 12.7 Å². The highest BCUT2D eigenvalue weighted by atomic mass is 19.3. The van der Waals surface area contributed by atoms with Crippen LogP contribution in [0.5, 0.6) is 5.88 Å². The maximum absolute atomic E-state index is 14.2. The van der Waals surface area contributed by atoms with E-state index in [0.717, 1.165) is 11.3 Å². The van der Waals surface area contributed by atoms with E-state index in [4.69, 9.17) is 0 Å². The molecule has 2 aromatic carbocycles. The topological polar surface area (TPSA) is 39.9 Å². The van der Waals surface area contributed by atoms with Crippen molar-refractivity contribution < 1.29 is 17.9 Å². The van der Waals surface area contributed by atoms with Gasteiger partial charge in [0.25, 0.3) is 0 Å². The third-order valence-corrected chi connectivity index (χ3v) is 5.75. The zero-order valence-electron chi connectivity index (χ0n) is 16.9. The molecule has 2 heterocycles. The van der Waals surface area contributed by atoms with E-state index in [-0.39, 0.29) is 11.4 Å². The number of pyridine rings is 1. The van der Waals surface area contributed by atoms with Crippen LogP contribution in [0.4, 0.5) is 13.2 Å². The van der Waals surface area contributed by atoms with E-state index in [2.05, 4.69) is 14.8 Å². The van der Waals surface area contributed by atoms with Gasteiger partial charge in [-0.05, 0) is 55.2 Å². The summed E-state index contributed by atoms with van der Waals surface area (Å²) in [7, 11) is 0. The lowest BCUT2D eigenvalue weighted by atomic mass is 9.98. The van der Waals surface area contributed by atoms with Gasteiger partial charge in [-0.1, -0.05) is 24.3 Å². The second-order valence-electron chi connectivity index (χ2n) is 7.82. The summed E-state index contributed by atoms with van der Waals surface area (Å²) < 4.78 is 46.9. The van der Waals surface area contributed by atoms with E-state index in [1.807, 2.05) is 35.0 Å². The Bertz CT molecular complexity index is 1250. The molecule has 0 saturated heterocycles. The molecule has 5 rings (SSSR count). The largest absolute Gasteiger partial charge is 0.417 e. The van der Waals surface area contributed by atoms with Gasteiger partial charge in [0.05, 0.1) is 5.69 Å². The number of aromatic nitrogens is 3. The van der Waals surface area contributed by atoms with Gasteiger partial charge in [-0.25, -0.2) is 14.1 Å². The lowest BCUT2D eigenvalue weighted by Gasteiger charge is -2.16. The molecule has 1 aliphatic rings. The van der Waals surface area contributed by atoms with Gasteiger partial charge in [0, 0.05) is 35.2 Å². The molecule has 0 atom stereocenters. The Morgan fingerprint density at radius 2 is 1.87 bits per heavy atom. The fourth-order valence-corrected chi connectivity index (χ4v) is 3.99. The Morgan fingerprint density at radius 3 is 2.58 bits per heavy atom. The van der Waals surface area contributed by atoms with Crippen molar-refractivity contribution in [3.63, 3.8) is 0 Å². The second kappa shape index (κ2) is 7.72. The molecule has 0 aliphatic heterocycles. The Labute approximate surface area is 177 Å². The van der Waals surface area contributed by atoms with Crippen molar-refractivity contribution >= 4 is 10.9 Å². The van der Waals surface area contributed by atoms with Gasteiger partial charge in [-0.3, -0.25) is 0 Å². The first kappa shape index (κ1) is 19.6. The van der Waals surface area contributed by atoms with Gasteiger partial charge in [0.1, 0.15) is 11.3 Å². The molecule has 158 valence electrons. The van der Waals surface area contributed by atoms with Crippen LogP contribution in [-0.2, 0) is 6.42 Å². The molecular weight excluding hydrogens is 403 g/mol. The van der Waals surface area contributed by atoms with Crippen LogP contribution >= 0.6 is 0 Å². The molecule has 0 amide bonds. The number of rotatable bonds is 6. The lowest BCUT2D eigenvalue weighted by Crippen LogP contribution is -2.09. The number of hydrogen-bond acceptors (Lipinski definition) is 3. The normalized spacial score (nSPS) is 13.8. The van der Waals surface area contributed by atoms with Crippen LogP contribution in [0.2, 0.25) is 0 Å². The zero-order chi connectivity index (χ0) is 21.5. The fraction of sp³-hybridized carbons (Fsp3) is 0.250. The van der Waals surface area contributed by atoms with E-state index >= 15 is 0 Å². The number of para-hydroxylation sites is 1. The van der Waals surface area contributed by atoms with Crippen LogP contribution in [-0.4, -0.2) is 21.4 Å². The minimum Gasteiger partial charge on any atom is -0.417 e. The molecular formula is C24H20F3N3O. The average molecular weight is 423 g/mol. The number of nitrogens with zero attached hydrogens (tertiary/aromatic N) is 3. The molecule has 31 heavy (non-hydrogen) atoms. The molecule has 1 fully saturated rings. The summed E-state index contributed by atoms with van der Waals surface area (Å²) in [6, 6.07) is 14.4. The minimum atomic E-state index is -3.04. The molecule has 0 spiro atoms. The SMILES string of the molecule is Cc1c(Cc2ccc(-n3nccc3C3CC3)cc2)c(OC(F)F)nc2c(F)cccc12. The quantitative estimate of drug-likeness (QED) is 0.385.